The fourth-order valence-electron chi connectivity index (χ4n) is 2.74. The summed E-state index contributed by atoms with van der Waals surface area (Å²) in [7, 11) is 4.05. The van der Waals surface area contributed by atoms with Crippen LogP contribution in [-0.2, 0) is 10.2 Å². The Bertz CT molecular complexity index is 385. The number of nitrogens with zero attached hydrogens (tertiary/aromatic N) is 4. The van der Waals surface area contributed by atoms with Crippen LogP contribution in [0.4, 0.5) is 0 Å². The van der Waals surface area contributed by atoms with Gasteiger partial charge in [0.2, 0.25) is 0 Å². The third-order valence-corrected chi connectivity index (χ3v) is 5.75. The summed E-state index contributed by atoms with van der Waals surface area (Å²) < 4.78 is 27.3. The Morgan fingerprint density at radius 2 is 1.55 bits per heavy atom. The van der Waals surface area contributed by atoms with Gasteiger partial charge in [-0.2, -0.15) is 17.0 Å². The van der Waals surface area contributed by atoms with Crippen LogP contribution in [0.25, 0.3) is 0 Å². The van der Waals surface area contributed by atoms with Crippen LogP contribution < -0.4 is 0 Å². The van der Waals surface area contributed by atoms with E-state index < -0.39 is 10.2 Å². The van der Waals surface area contributed by atoms with Gasteiger partial charge in [-0.25, -0.2) is 0 Å². The highest BCUT2D eigenvalue weighted by atomic mass is 32.2. The van der Waals surface area contributed by atoms with Crippen LogP contribution in [0.5, 0.6) is 0 Å². The largest absolute Gasteiger partial charge is 0.309 e. The molecule has 0 radical (unpaired) electrons. The molecule has 0 bridgehead atoms. The molecule has 1 saturated heterocycles. The van der Waals surface area contributed by atoms with Gasteiger partial charge < -0.3 is 4.90 Å². The van der Waals surface area contributed by atoms with Crippen LogP contribution in [0.15, 0.2) is 0 Å². The highest BCUT2D eigenvalue weighted by molar-refractivity contribution is 7.86. The van der Waals surface area contributed by atoms with Gasteiger partial charge in [0.1, 0.15) is 0 Å². The number of hydrogen-bond acceptors (Lipinski definition) is 4. The summed E-state index contributed by atoms with van der Waals surface area (Å²) in [5.41, 5.74) is 0. The molecule has 0 saturated carbocycles. The van der Waals surface area contributed by atoms with Crippen LogP contribution in [0.3, 0.4) is 0 Å². The van der Waals surface area contributed by atoms with E-state index in [4.69, 9.17) is 0 Å². The van der Waals surface area contributed by atoms with Gasteiger partial charge in [0.05, 0.1) is 0 Å². The van der Waals surface area contributed by atoms with Crippen molar-refractivity contribution in [2.45, 2.75) is 32.4 Å². The van der Waals surface area contributed by atoms with Crippen molar-refractivity contribution in [1.29, 1.82) is 0 Å². The Labute approximate surface area is 124 Å². The molecule has 0 aromatic carbocycles. The van der Waals surface area contributed by atoms with Crippen LogP contribution >= 0.6 is 0 Å². The molecule has 2 atom stereocenters. The zero-order valence-electron chi connectivity index (χ0n) is 13.7. The highest BCUT2D eigenvalue weighted by Crippen LogP contribution is 2.19. The monoisotopic (exact) mass is 306 g/mol. The minimum absolute atomic E-state index is 0.260. The molecule has 0 amide bonds. The molecule has 1 fully saturated rings. The van der Waals surface area contributed by atoms with Gasteiger partial charge >= 0.3 is 0 Å². The molecule has 2 unspecified atom stereocenters. The molecule has 120 valence electrons. The van der Waals surface area contributed by atoms with Gasteiger partial charge in [-0.05, 0) is 40.9 Å². The average molecular weight is 306 g/mol. The second-order valence-corrected chi connectivity index (χ2v) is 8.34. The molecule has 1 heterocycles. The second-order valence-electron chi connectivity index (χ2n) is 6.20. The Morgan fingerprint density at radius 1 is 1.05 bits per heavy atom. The summed E-state index contributed by atoms with van der Waals surface area (Å²) in [6, 6.07) is 0.520. The number of rotatable bonds is 6. The smallest absolute Gasteiger partial charge is 0.281 e. The third kappa shape index (κ3) is 4.39. The van der Waals surface area contributed by atoms with Crippen molar-refractivity contribution in [3.63, 3.8) is 0 Å². The molecule has 7 heteroatoms. The van der Waals surface area contributed by atoms with Crippen LogP contribution in [0.2, 0.25) is 0 Å². The van der Waals surface area contributed by atoms with Crippen molar-refractivity contribution in [2.75, 3.05) is 54.4 Å². The molecule has 1 aliphatic rings. The summed E-state index contributed by atoms with van der Waals surface area (Å²) in [5, 5.41) is 0. The molecule has 0 aliphatic carbocycles. The van der Waals surface area contributed by atoms with Crippen LogP contribution in [0, 0.1) is 0 Å². The van der Waals surface area contributed by atoms with Gasteiger partial charge in [-0.3, -0.25) is 4.90 Å². The minimum atomic E-state index is -3.29. The van der Waals surface area contributed by atoms with Crippen LogP contribution in [0.1, 0.15) is 20.3 Å². The first-order valence-electron chi connectivity index (χ1n) is 7.24. The van der Waals surface area contributed by atoms with Crippen molar-refractivity contribution < 1.29 is 8.42 Å². The zero-order chi connectivity index (χ0) is 15.5. The van der Waals surface area contributed by atoms with Gasteiger partial charge in [-0.15, -0.1) is 0 Å². The zero-order valence-corrected chi connectivity index (χ0v) is 14.5. The first-order chi connectivity index (χ1) is 9.16. The maximum absolute atomic E-state index is 12.2. The highest BCUT2D eigenvalue weighted by Gasteiger charge is 2.35. The van der Waals surface area contributed by atoms with Crippen molar-refractivity contribution in [2.24, 2.45) is 0 Å². The van der Waals surface area contributed by atoms with E-state index in [-0.39, 0.29) is 12.1 Å². The Kier molecular flexibility index (Phi) is 6.40. The maximum Gasteiger partial charge on any atom is 0.281 e. The fourth-order valence-corrected chi connectivity index (χ4v) is 4.01. The predicted molar refractivity (Wildman–Crippen MR) is 83.0 cm³/mol. The number of hydrogen-bond donors (Lipinski definition) is 0. The first kappa shape index (κ1) is 17.8. The first-order valence-corrected chi connectivity index (χ1v) is 8.64. The summed E-state index contributed by atoms with van der Waals surface area (Å²) in [6.07, 6.45) is 1.11. The van der Waals surface area contributed by atoms with Gasteiger partial charge in [0.25, 0.3) is 10.2 Å². The van der Waals surface area contributed by atoms with Gasteiger partial charge in [0, 0.05) is 45.8 Å². The summed E-state index contributed by atoms with van der Waals surface area (Å²) in [4.78, 5) is 4.60. The van der Waals surface area contributed by atoms with Crippen LogP contribution in [-0.4, -0.2) is 93.3 Å². The van der Waals surface area contributed by atoms with E-state index in [1.807, 2.05) is 0 Å². The Morgan fingerprint density at radius 3 is 1.95 bits per heavy atom. The summed E-state index contributed by atoms with van der Waals surface area (Å²) >= 11 is 0. The van der Waals surface area contributed by atoms with Crippen molar-refractivity contribution in [1.82, 2.24) is 18.4 Å². The van der Waals surface area contributed by atoms with Crippen molar-refractivity contribution >= 4 is 10.2 Å². The molecule has 6 nitrogen and oxygen atoms in total. The lowest BCUT2D eigenvalue weighted by molar-refractivity contribution is 0.0719. The Hall–Kier alpha value is -0.210. The topological polar surface area (TPSA) is 47.1 Å². The van der Waals surface area contributed by atoms with Crippen molar-refractivity contribution in [3.8, 4) is 0 Å². The molecule has 0 spiro atoms. The third-order valence-electron chi connectivity index (χ3n) is 3.88. The fraction of sp³-hybridized carbons (Fsp3) is 1.00. The normalized spacial score (nSPS) is 26.6. The Balaban J connectivity index is 2.63. The SMILES string of the molecule is CC1CN(S(=O)(=O)N(C)C)CC(C)N1CCCN(C)C. The molecule has 0 aromatic rings. The molecular formula is C13H30N4O2S. The van der Waals surface area contributed by atoms with Crippen molar-refractivity contribution in [3.05, 3.63) is 0 Å². The quantitative estimate of drug-likeness (QED) is 0.700. The lowest BCUT2D eigenvalue weighted by Gasteiger charge is -2.44. The molecular weight excluding hydrogens is 276 g/mol. The van der Waals surface area contributed by atoms with E-state index in [1.54, 1.807) is 18.4 Å². The van der Waals surface area contributed by atoms with Gasteiger partial charge in [-0.1, -0.05) is 0 Å². The second kappa shape index (κ2) is 7.17. The maximum atomic E-state index is 12.2. The van der Waals surface area contributed by atoms with E-state index in [0.29, 0.717) is 13.1 Å². The molecule has 1 rings (SSSR count). The number of piperazine rings is 1. The van der Waals surface area contributed by atoms with E-state index in [9.17, 15) is 8.42 Å². The predicted octanol–water partition coefficient (Wildman–Crippen LogP) is 0.139. The summed E-state index contributed by atoms with van der Waals surface area (Å²) in [6.45, 7) is 7.47. The van der Waals surface area contributed by atoms with E-state index in [2.05, 4.69) is 37.7 Å². The van der Waals surface area contributed by atoms with E-state index >= 15 is 0 Å². The lowest BCUT2D eigenvalue weighted by Crippen LogP contribution is -2.59. The van der Waals surface area contributed by atoms with Gasteiger partial charge in [0.15, 0.2) is 0 Å². The lowest BCUT2D eigenvalue weighted by atomic mass is 10.1. The molecule has 0 N–H and O–H groups in total. The molecule has 20 heavy (non-hydrogen) atoms. The molecule has 0 aromatic heterocycles. The van der Waals surface area contributed by atoms with E-state index in [0.717, 1.165) is 19.5 Å². The minimum Gasteiger partial charge on any atom is -0.309 e. The average Bonchev–Trinajstić information content (AvgIpc) is 2.31. The van der Waals surface area contributed by atoms with E-state index in [1.165, 1.54) is 4.31 Å². The standard InChI is InChI=1S/C13H30N4O2S/c1-12-10-16(20(18,19)15(5)6)11-13(2)17(12)9-7-8-14(3)4/h12-13H,7-11H2,1-6H3. The summed E-state index contributed by atoms with van der Waals surface area (Å²) in [5.74, 6) is 0. The molecule has 1 aliphatic heterocycles.